The minimum Gasteiger partial charge on any atom is -0.393 e. The largest absolute Gasteiger partial charge is 0.393 e. The Morgan fingerprint density at radius 1 is 1.25 bits per heavy atom. The molecule has 0 spiro atoms. The molecule has 0 amide bonds. The van der Waals surface area contributed by atoms with Gasteiger partial charge in [-0.25, -0.2) is 4.98 Å². The van der Waals surface area contributed by atoms with Gasteiger partial charge in [-0.15, -0.1) is 0 Å². The van der Waals surface area contributed by atoms with Crippen LogP contribution in [0.4, 0.5) is 5.95 Å². The lowest BCUT2D eigenvalue weighted by Crippen LogP contribution is -2.21. The first-order valence-corrected chi connectivity index (χ1v) is 11.2. The number of nitrogens with one attached hydrogen (secondary N) is 1. The maximum Gasteiger partial charge on any atom is 0.224 e. The highest BCUT2D eigenvalue weighted by molar-refractivity contribution is 5.91. The second-order valence-corrected chi connectivity index (χ2v) is 8.65. The number of hydrogen-bond donors (Lipinski definition) is 2. The molecule has 2 aliphatic rings. The molecular formula is C23H34N4O. The molecule has 2 aromatic rings. The second-order valence-electron chi connectivity index (χ2n) is 8.65. The number of aromatic nitrogens is 3. The molecule has 0 aliphatic heterocycles. The first-order valence-electron chi connectivity index (χ1n) is 11.2. The van der Waals surface area contributed by atoms with E-state index in [1.165, 1.54) is 35.8 Å². The summed E-state index contributed by atoms with van der Waals surface area (Å²) in [6.45, 7) is 4.39. The summed E-state index contributed by atoms with van der Waals surface area (Å²) in [7, 11) is 0. The summed E-state index contributed by atoms with van der Waals surface area (Å²) in [5.41, 5.74) is 3.81. The van der Waals surface area contributed by atoms with Crippen molar-refractivity contribution in [3.05, 3.63) is 24.0 Å². The minimum atomic E-state index is -0.139. The van der Waals surface area contributed by atoms with Crippen LogP contribution in [0.2, 0.25) is 0 Å². The molecule has 1 atom stereocenters. The van der Waals surface area contributed by atoms with Crippen molar-refractivity contribution in [2.24, 2.45) is 0 Å². The standard InChI is InChI=1S/C23H34N4O/c1-3-7-16(2)25-23-24-14-20-21(17-8-5-4-6-9-17)15-27(22(20)26-23)18-10-12-19(28)13-11-18/h8,14-16,18-19,28H,3-7,9-13H2,1-2H3,(H,24,25,26)/t16-,18?,19?/m0/s1. The van der Waals surface area contributed by atoms with E-state index in [1.807, 2.05) is 6.20 Å². The van der Waals surface area contributed by atoms with E-state index in [0.717, 1.165) is 56.5 Å². The highest BCUT2D eigenvalue weighted by Crippen LogP contribution is 2.37. The fraction of sp³-hybridized carbons (Fsp3) is 0.652. The Bertz CT molecular complexity index is 832. The highest BCUT2D eigenvalue weighted by atomic mass is 16.3. The fourth-order valence-electron chi connectivity index (χ4n) is 4.78. The lowest BCUT2D eigenvalue weighted by molar-refractivity contribution is 0.111. The quantitative estimate of drug-likeness (QED) is 0.696. The van der Waals surface area contributed by atoms with E-state index in [9.17, 15) is 5.11 Å². The number of nitrogens with zero attached hydrogens (tertiary/aromatic N) is 3. The molecule has 1 fully saturated rings. The Kier molecular flexibility index (Phi) is 6.00. The predicted octanol–water partition coefficient (Wildman–Crippen LogP) is 5.47. The van der Waals surface area contributed by atoms with E-state index in [-0.39, 0.29) is 6.10 Å². The normalized spacial score (nSPS) is 24.2. The van der Waals surface area contributed by atoms with Gasteiger partial charge in [0.25, 0.3) is 0 Å². The average molecular weight is 383 g/mol. The third-order valence-electron chi connectivity index (χ3n) is 6.37. The van der Waals surface area contributed by atoms with Gasteiger partial charge >= 0.3 is 0 Å². The lowest BCUT2D eigenvalue weighted by atomic mass is 9.93. The summed E-state index contributed by atoms with van der Waals surface area (Å²) < 4.78 is 2.38. The Labute approximate surface area is 168 Å². The molecule has 5 nitrogen and oxygen atoms in total. The van der Waals surface area contributed by atoms with Gasteiger partial charge in [-0.3, -0.25) is 0 Å². The van der Waals surface area contributed by atoms with Crippen LogP contribution in [0.25, 0.3) is 16.6 Å². The summed E-state index contributed by atoms with van der Waals surface area (Å²) in [4.78, 5) is 9.61. The predicted molar refractivity (Wildman–Crippen MR) is 115 cm³/mol. The zero-order chi connectivity index (χ0) is 19.5. The maximum atomic E-state index is 9.94. The molecule has 5 heteroatoms. The number of anilines is 1. The molecule has 0 aromatic carbocycles. The Morgan fingerprint density at radius 2 is 2.07 bits per heavy atom. The zero-order valence-electron chi connectivity index (χ0n) is 17.3. The van der Waals surface area contributed by atoms with Gasteiger partial charge in [0, 0.05) is 35.4 Å². The molecule has 1 saturated carbocycles. The number of aliphatic hydroxyl groups is 1. The maximum absolute atomic E-state index is 9.94. The zero-order valence-corrected chi connectivity index (χ0v) is 17.3. The van der Waals surface area contributed by atoms with Crippen molar-refractivity contribution in [3.8, 4) is 0 Å². The smallest absolute Gasteiger partial charge is 0.224 e. The molecular weight excluding hydrogens is 348 g/mol. The monoisotopic (exact) mass is 382 g/mol. The lowest BCUT2D eigenvalue weighted by Gasteiger charge is -2.27. The van der Waals surface area contributed by atoms with Crippen LogP contribution < -0.4 is 5.32 Å². The summed E-state index contributed by atoms with van der Waals surface area (Å²) in [5.74, 6) is 0.729. The SMILES string of the molecule is CCC[C@H](C)Nc1ncc2c(C3=CCCCC3)cn(C3CCC(O)CC3)c2n1. The first-order chi connectivity index (χ1) is 13.7. The van der Waals surface area contributed by atoms with Gasteiger partial charge in [-0.05, 0) is 70.3 Å². The molecule has 152 valence electrons. The molecule has 2 aromatic heterocycles. The molecule has 2 N–H and O–H groups in total. The van der Waals surface area contributed by atoms with E-state index in [4.69, 9.17) is 4.98 Å². The number of hydrogen-bond acceptors (Lipinski definition) is 4. The van der Waals surface area contributed by atoms with E-state index in [0.29, 0.717) is 12.1 Å². The van der Waals surface area contributed by atoms with E-state index in [1.54, 1.807) is 0 Å². The number of aliphatic hydroxyl groups excluding tert-OH is 1. The minimum absolute atomic E-state index is 0.139. The van der Waals surface area contributed by atoms with E-state index in [2.05, 4.69) is 41.0 Å². The molecule has 28 heavy (non-hydrogen) atoms. The topological polar surface area (TPSA) is 63.0 Å². The van der Waals surface area contributed by atoms with Gasteiger partial charge in [0.2, 0.25) is 5.95 Å². The van der Waals surface area contributed by atoms with Crippen LogP contribution in [-0.2, 0) is 0 Å². The van der Waals surface area contributed by atoms with Gasteiger partial charge in [-0.2, -0.15) is 4.98 Å². The van der Waals surface area contributed by atoms with Crippen LogP contribution in [0.1, 0.15) is 89.7 Å². The molecule has 0 radical (unpaired) electrons. The van der Waals surface area contributed by atoms with Gasteiger partial charge in [0.05, 0.1) is 6.10 Å². The van der Waals surface area contributed by atoms with Crippen LogP contribution in [0.15, 0.2) is 18.5 Å². The Hall–Kier alpha value is -1.88. The van der Waals surface area contributed by atoms with Crippen molar-refractivity contribution < 1.29 is 5.11 Å². The number of fused-ring (bicyclic) bond motifs is 1. The summed E-state index contributed by atoms with van der Waals surface area (Å²) >= 11 is 0. The summed E-state index contributed by atoms with van der Waals surface area (Å²) in [5, 5.41) is 14.6. The van der Waals surface area contributed by atoms with Crippen molar-refractivity contribution in [1.29, 1.82) is 0 Å². The molecule has 0 unspecified atom stereocenters. The second kappa shape index (κ2) is 8.64. The van der Waals surface area contributed by atoms with E-state index >= 15 is 0 Å². The van der Waals surface area contributed by atoms with Gasteiger partial charge < -0.3 is 15.0 Å². The Balaban J connectivity index is 1.72. The number of rotatable bonds is 6. The van der Waals surface area contributed by atoms with Crippen molar-refractivity contribution in [3.63, 3.8) is 0 Å². The van der Waals surface area contributed by atoms with Crippen LogP contribution in [0, 0.1) is 0 Å². The first kappa shape index (κ1) is 19.4. The van der Waals surface area contributed by atoms with Crippen LogP contribution >= 0.6 is 0 Å². The van der Waals surface area contributed by atoms with Crippen LogP contribution in [0.5, 0.6) is 0 Å². The molecule has 2 heterocycles. The highest BCUT2D eigenvalue weighted by Gasteiger charge is 2.25. The van der Waals surface area contributed by atoms with Crippen LogP contribution in [-0.4, -0.2) is 31.8 Å². The van der Waals surface area contributed by atoms with Crippen molar-refractivity contribution in [2.75, 3.05) is 5.32 Å². The third-order valence-corrected chi connectivity index (χ3v) is 6.37. The molecule has 2 aliphatic carbocycles. The van der Waals surface area contributed by atoms with E-state index < -0.39 is 0 Å². The van der Waals surface area contributed by atoms with Gasteiger partial charge in [-0.1, -0.05) is 19.4 Å². The van der Waals surface area contributed by atoms with Crippen LogP contribution in [0.3, 0.4) is 0 Å². The average Bonchev–Trinajstić information content (AvgIpc) is 3.08. The van der Waals surface area contributed by atoms with Crippen molar-refractivity contribution in [1.82, 2.24) is 14.5 Å². The molecule has 0 saturated heterocycles. The number of allylic oxidation sites excluding steroid dienone is 2. The fourth-order valence-corrected chi connectivity index (χ4v) is 4.78. The van der Waals surface area contributed by atoms with Gasteiger partial charge in [0.1, 0.15) is 5.65 Å². The summed E-state index contributed by atoms with van der Waals surface area (Å²) in [6.07, 6.45) is 17.5. The van der Waals surface area contributed by atoms with Crippen molar-refractivity contribution >= 4 is 22.6 Å². The van der Waals surface area contributed by atoms with Crippen molar-refractivity contribution in [2.45, 2.75) is 96.2 Å². The summed E-state index contributed by atoms with van der Waals surface area (Å²) in [6, 6.07) is 0.788. The molecule has 0 bridgehead atoms. The Morgan fingerprint density at radius 3 is 2.79 bits per heavy atom. The van der Waals surface area contributed by atoms with Gasteiger partial charge in [0.15, 0.2) is 0 Å². The third kappa shape index (κ3) is 4.09. The molecule has 4 rings (SSSR count).